The number of benzene rings is 1. The van der Waals surface area contributed by atoms with Gasteiger partial charge in [0.15, 0.2) is 11.0 Å². The highest BCUT2D eigenvalue weighted by atomic mass is 32.2. The van der Waals surface area contributed by atoms with E-state index in [4.69, 9.17) is 9.47 Å². The third-order valence-corrected chi connectivity index (χ3v) is 7.11. The summed E-state index contributed by atoms with van der Waals surface area (Å²) >= 11 is 2.65. The smallest absolute Gasteiger partial charge is 0.341 e. The van der Waals surface area contributed by atoms with Gasteiger partial charge >= 0.3 is 5.97 Å². The van der Waals surface area contributed by atoms with Crippen molar-refractivity contribution in [3.8, 4) is 5.75 Å². The van der Waals surface area contributed by atoms with Crippen molar-refractivity contribution < 1.29 is 19.1 Å². The first-order valence-corrected chi connectivity index (χ1v) is 12.3. The molecule has 1 N–H and O–H groups in total. The molecule has 33 heavy (non-hydrogen) atoms. The van der Waals surface area contributed by atoms with E-state index in [2.05, 4.69) is 21.6 Å². The monoisotopic (exact) mass is 488 g/mol. The third-order valence-electron chi connectivity index (χ3n) is 5.03. The fraction of sp³-hybridized carbons (Fsp3) is 0.391. The lowest BCUT2D eigenvalue weighted by Gasteiger charge is -2.09. The molecule has 8 nitrogen and oxygen atoms in total. The average Bonchev–Trinajstić information content (AvgIpc) is 3.27. The summed E-state index contributed by atoms with van der Waals surface area (Å²) in [5.41, 5.74) is 3.60. The quantitative estimate of drug-likeness (QED) is 0.351. The first-order chi connectivity index (χ1) is 15.7. The molecule has 176 valence electrons. The van der Waals surface area contributed by atoms with E-state index in [9.17, 15) is 9.59 Å². The zero-order valence-electron chi connectivity index (χ0n) is 19.6. The van der Waals surface area contributed by atoms with Gasteiger partial charge < -0.3 is 19.4 Å². The van der Waals surface area contributed by atoms with Crippen molar-refractivity contribution in [3.63, 3.8) is 0 Å². The molecule has 0 saturated carbocycles. The molecule has 0 aliphatic heterocycles. The van der Waals surface area contributed by atoms with E-state index in [-0.39, 0.29) is 18.3 Å². The van der Waals surface area contributed by atoms with Gasteiger partial charge in [0.25, 0.3) is 0 Å². The molecular formula is C23H28N4O4S2. The lowest BCUT2D eigenvalue weighted by atomic mass is 10.1. The number of aromatic nitrogens is 3. The molecule has 1 amide bonds. The average molecular weight is 489 g/mol. The molecule has 0 aliphatic rings. The molecule has 0 bridgehead atoms. The predicted octanol–water partition coefficient (Wildman–Crippen LogP) is 4.46. The summed E-state index contributed by atoms with van der Waals surface area (Å²) in [5.74, 6) is 0.892. The Morgan fingerprint density at radius 3 is 2.48 bits per heavy atom. The number of rotatable bonds is 9. The Kier molecular flexibility index (Phi) is 8.15. The zero-order chi connectivity index (χ0) is 24.1. The number of thioether (sulfide) groups is 1. The number of hydrogen-bond acceptors (Lipinski definition) is 8. The van der Waals surface area contributed by atoms with Gasteiger partial charge in [-0.15, -0.1) is 21.5 Å². The van der Waals surface area contributed by atoms with Crippen LogP contribution in [-0.2, 0) is 29.6 Å². The maximum Gasteiger partial charge on any atom is 0.341 e. The summed E-state index contributed by atoms with van der Waals surface area (Å²) in [6.45, 7) is 8.23. The second kappa shape index (κ2) is 10.8. The highest BCUT2D eigenvalue weighted by Gasteiger charge is 2.23. The van der Waals surface area contributed by atoms with Gasteiger partial charge in [-0.2, -0.15) is 0 Å². The van der Waals surface area contributed by atoms with E-state index >= 15 is 0 Å². The molecule has 0 aliphatic carbocycles. The summed E-state index contributed by atoms with van der Waals surface area (Å²) in [6, 6.07) is 6.04. The number of thiophene rings is 1. The van der Waals surface area contributed by atoms with Gasteiger partial charge in [0, 0.05) is 11.9 Å². The van der Waals surface area contributed by atoms with Crippen LogP contribution < -0.4 is 10.1 Å². The van der Waals surface area contributed by atoms with Gasteiger partial charge in [-0.3, -0.25) is 4.79 Å². The molecule has 3 aromatic rings. The lowest BCUT2D eigenvalue weighted by molar-refractivity contribution is -0.113. The number of amides is 1. The van der Waals surface area contributed by atoms with Crippen molar-refractivity contribution in [3.05, 3.63) is 51.2 Å². The molecule has 0 spiro atoms. The maximum absolute atomic E-state index is 12.6. The minimum absolute atomic E-state index is 0.128. The van der Waals surface area contributed by atoms with E-state index in [0.717, 1.165) is 27.3 Å². The number of ether oxygens (including phenoxy) is 2. The van der Waals surface area contributed by atoms with Crippen LogP contribution in [-0.4, -0.2) is 39.5 Å². The highest BCUT2D eigenvalue weighted by Crippen LogP contribution is 2.34. The van der Waals surface area contributed by atoms with Gasteiger partial charge in [-0.05, 0) is 56.0 Å². The number of carbonyl (C=O) groups is 2. The molecule has 2 heterocycles. The SMILES string of the molecule is CCc1c(C)sc(NC(=O)CSc2nnc(COc3cc(C)cc(C)c3)n2C)c1C(=O)OC. The molecule has 0 fully saturated rings. The van der Waals surface area contributed by atoms with Crippen LogP contribution in [0.25, 0.3) is 0 Å². The number of anilines is 1. The topological polar surface area (TPSA) is 95.3 Å². The van der Waals surface area contributed by atoms with Gasteiger partial charge in [-0.25, -0.2) is 4.79 Å². The second-order valence-corrected chi connectivity index (χ2v) is 9.76. The van der Waals surface area contributed by atoms with Crippen LogP contribution in [0.5, 0.6) is 5.75 Å². The van der Waals surface area contributed by atoms with Gasteiger partial charge in [-0.1, -0.05) is 24.8 Å². The van der Waals surface area contributed by atoms with Crippen molar-refractivity contribution in [2.45, 2.75) is 45.9 Å². The summed E-state index contributed by atoms with van der Waals surface area (Å²) in [7, 11) is 3.18. The standard InChI is InChI=1S/C23H28N4O4S2/c1-7-17-15(4)33-21(20(17)22(29)30-6)24-19(28)12-32-23-26-25-18(27(23)5)11-31-16-9-13(2)8-14(3)10-16/h8-10H,7,11-12H2,1-6H3,(H,24,28). The van der Waals surface area contributed by atoms with Crippen LogP contribution in [0, 0.1) is 20.8 Å². The minimum Gasteiger partial charge on any atom is -0.486 e. The van der Waals surface area contributed by atoms with Crippen LogP contribution in [0.15, 0.2) is 23.4 Å². The number of methoxy groups -OCH3 is 1. The van der Waals surface area contributed by atoms with Crippen molar-refractivity contribution in [1.82, 2.24) is 14.8 Å². The Bertz CT molecular complexity index is 1150. The van der Waals surface area contributed by atoms with Crippen LogP contribution >= 0.6 is 23.1 Å². The number of carbonyl (C=O) groups excluding carboxylic acids is 2. The molecule has 10 heteroatoms. The summed E-state index contributed by atoms with van der Waals surface area (Å²) in [5, 5.41) is 12.3. The molecule has 3 rings (SSSR count). The van der Waals surface area contributed by atoms with Crippen molar-refractivity contribution in [2.75, 3.05) is 18.2 Å². The van der Waals surface area contributed by atoms with E-state index in [0.29, 0.717) is 28.0 Å². The third kappa shape index (κ3) is 5.94. The summed E-state index contributed by atoms with van der Waals surface area (Å²) in [4.78, 5) is 25.8. The summed E-state index contributed by atoms with van der Waals surface area (Å²) < 4.78 is 12.6. The number of nitrogens with one attached hydrogen (secondary N) is 1. The van der Waals surface area contributed by atoms with Crippen molar-refractivity contribution in [1.29, 1.82) is 0 Å². The Labute approximate surface area is 201 Å². The van der Waals surface area contributed by atoms with E-state index in [1.807, 2.05) is 51.4 Å². The van der Waals surface area contributed by atoms with Crippen LogP contribution in [0.1, 0.15) is 44.7 Å². The maximum atomic E-state index is 12.6. The van der Waals surface area contributed by atoms with Crippen molar-refractivity contribution >= 4 is 40.0 Å². The van der Waals surface area contributed by atoms with Crippen LogP contribution in [0.3, 0.4) is 0 Å². The fourth-order valence-electron chi connectivity index (χ4n) is 3.46. The first kappa shape index (κ1) is 24.8. The van der Waals surface area contributed by atoms with Gasteiger partial charge in [0.1, 0.15) is 17.4 Å². The molecule has 2 aromatic heterocycles. The molecule has 1 aromatic carbocycles. The Morgan fingerprint density at radius 2 is 1.85 bits per heavy atom. The number of esters is 1. The number of aryl methyl sites for hydroxylation is 3. The number of hydrogen-bond donors (Lipinski definition) is 1. The van der Waals surface area contributed by atoms with E-state index in [1.165, 1.54) is 30.2 Å². The predicted molar refractivity (Wildman–Crippen MR) is 130 cm³/mol. The van der Waals surface area contributed by atoms with Gasteiger partial charge in [0.05, 0.1) is 18.4 Å². The fourth-order valence-corrected chi connectivity index (χ4v) is 5.34. The Balaban J connectivity index is 1.61. The van der Waals surface area contributed by atoms with Gasteiger partial charge in [0.2, 0.25) is 5.91 Å². The second-order valence-electron chi connectivity index (χ2n) is 7.59. The summed E-state index contributed by atoms with van der Waals surface area (Å²) in [6.07, 6.45) is 0.684. The number of nitrogens with zero attached hydrogens (tertiary/aromatic N) is 3. The minimum atomic E-state index is -0.444. The largest absolute Gasteiger partial charge is 0.486 e. The molecule has 0 saturated heterocycles. The van der Waals surface area contributed by atoms with Crippen LogP contribution in [0.2, 0.25) is 0 Å². The normalized spacial score (nSPS) is 10.8. The lowest BCUT2D eigenvalue weighted by Crippen LogP contribution is -2.16. The van der Waals surface area contributed by atoms with Crippen molar-refractivity contribution in [2.24, 2.45) is 7.05 Å². The first-order valence-electron chi connectivity index (χ1n) is 10.5. The van der Waals surface area contributed by atoms with E-state index in [1.54, 1.807) is 0 Å². The highest BCUT2D eigenvalue weighted by molar-refractivity contribution is 7.99. The molecular weight excluding hydrogens is 460 g/mol. The zero-order valence-corrected chi connectivity index (χ0v) is 21.3. The Morgan fingerprint density at radius 1 is 1.15 bits per heavy atom. The Hall–Kier alpha value is -2.85. The van der Waals surface area contributed by atoms with E-state index < -0.39 is 5.97 Å². The molecule has 0 radical (unpaired) electrons. The molecule has 0 unspecified atom stereocenters. The van der Waals surface area contributed by atoms with Crippen LogP contribution in [0.4, 0.5) is 5.00 Å². The molecule has 0 atom stereocenters.